The Morgan fingerprint density at radius 3 is 3.20 bits per heavy atom. The van der Waals surface area contributed by atoms with Crippen LogP contribution < -0.4 is 10.4 Å². The first-order valence-electron chi connectivity index (χ1n) is 4.63. The van der Waals surface area contributed by atoms with Gasteiger partial charge in [-0.2, -0.15) is 5.11 Å². The summed E-state index contributed by atoms with van der Waals surface area (Å²) in [5.41, 5.74) is 3.70. The van der Waals surface area contributed by atoms with Crippen molar-refractivity contribution >= 4 is 22.9 Å². The van der Waals surface area contributed by atoms with Gasteiger partial charge in [-0.25, -0.2) is 4.98 Å². The highest BCUT2D eigenvalue weighted by atomic mass is 16.3. The topological polar surface area (TPSA) is 50.8 Å². The van der Waals surface area contributed by atoms with Gasteiger partial charge in [-0.3, -0.25) is 0 Å². The quantitative estimate of drug-likeness (QED) is 0.631. The molecule has 0 saturated heterocycles. The van der Waals surface area contributed by atoms with E-state index >= 15 is 0 Å². The Morgan fingerprint density at radius 1 is 1.20 bits per heavy atom. The van der Waals surface area contributed by atoms with E-state index in [1.54, 1.807) is 6.20 Å². The van der Waals surface area contributed by atoms with Crippen molar-refractivity contribution in [2.24, 2.45) is 10.2 Å². The maximum absolute atomic E-state index is 5.25. The van der Waals surface area contributed by atoms with Crippen LogP contribution in [0.15, 0.2) is 44.9 Å². The average Bonchev–Trinajstić information content (AvgIpc) is 2.90. The van der Waals surface area contributed by atoms with Crippen LogP contribution in [0.2, 0.25) is 0 Å². The van der Waals surface area contributed by atoms with Gasteiger partial charge >= 0.3 is 0 Å². The van der Waals surface area contributed by atoms with Crippen LogP contribution in [0.1, 0.15) is 0 Å². The van der Waals surface area contributed by atoms with Gasteiger partial charge in [0.15, 0.2) is 12.0 Å². The van der Waals surface area contributed by atoms with E-state index < -0.39 is 0 Å². The lowest BCUT2D eigenvalue weighted by Crippen LogP contribution is -2.23. The Morgan fingerprint density at radius 2 is 2.20 bits per heavy atom. The summed E-state index contributed by atoms with van der Waals surface area (Å²) < 4.78 is 5.25. The predicted octanol–water partition coefficient (Wildman–Crippen LogP) is 1.08. The fourth-order valence-corrected chi connectivity index (χ4v) is 2.04. The summed E-state index contributed by atoms with van der Waals surface area (Å²) in [4.78, 5) is 4.21. The highest BCUT2D eigenvalue weighted by Gasteiger charge is 2.16. The van der Waals surface area contributed by atoms with E-state index in [2.05, 4.69) is 21.3 Å². The molecule has 0 N–H and O–H groups in total. The molecule has 4 nitrogen and oxygen atoms in total. The van der Waals surface area contributed by atoms with Gasteiger partial charge in [0.25, 0.3) is 0 Å². The molecular formula is C11H5N3O. The Balaban J connectivity index is 2.37. The SMILES string of the molecule is C1=C2C=c3c(ccc4ocnc34)=C2N=N1. The van der Waals surface area contributed by atoms with E-state index in [0.717, 1.165) is 32.8 Å². The molecular weight excluding hydrogens is 190 g/mol. The zero-order valence-electron chi connectivity index (χ0n) is 7.64. The summed E-state index contributed by atoms with van der Waals surface area (Å²) in [6.07, 6.45) is 5.28. The maximum atomic E-state index is 5.25. The largest absolute Gasteiger partial charge is 0.443 e. The first-order chi connectivity index (χ1) is 7.43. The molecule has 0 unspecified atom stereocenters. The second-order valence-electron chi connectivity index (χ2n) is 3.52. The molecule has 2 aromatic rings. The lowest BCUT2D eigenvalue weighted by molar-refractivity contribution is 0.602. The lowest BCUT2D eigenvalue weighted by atomic mass is 10.2. The molecule has 15 heavy (non-hydrogen) atoms. The van der Waals surface area contributed by atoms with Gasteiger partial charge in [-0.1, -0.05) is 0 Å². The third-order valence-corrected chi connectivity index (χ3v) is 2.72. The minimum absolute atomic E-state index is 0.808. The molecule has 0 saturated carbocycles. The minimum Gasteiger partial charge on any atom is -0.443 e. The number of oxazole rings is 1. The number of hydrogen-bond acceptors (Lipinski definition) is 4. The lowest BCUT2D eigenvalue weighted by Gasteiger charge is -1.88. The predicted molar refractivity (Wildman–Crippen MR) is 54.1 cm³/mol. The van der Waals surface area contributed by atoms with Gasteiger partial charge in [0.2, 0.25) is 0 Å². The summed E-state index contributed by atoms with van der Waals surface area (Å²) in [5.74, 6) is 0. The van der Waals surface area contributed by atoms with Gasteiger partial charge in [0.05, 0.1) is 6.20 Å². The molecule has 1 aliphatic heterocycles. The summed E-state index contributed by atoms with van der Waals surface area (Å²) in [6, 6.07) is 3.92. The van der Waals surface area contributed by atoms with Gasteiger partial charge in [0.1, 0.15) is 11.2 Å². The maximum Gasteiger partial charge on any atom is 0.182 e. The smallest absolute Gasteiger partial charge is 0.182 e. The standard InChI is InChI=1S/C11H5N3O/c1-2-9-11(12-5-15-9)8-3-6-4-13-14-10(6)7(1)8/h1-5H. The van der Waals surface area contributed by atoms with E-state index in [-0.39, 0.29) is 0 Å². The number of fused-ring (bicyclic) bond motifs is 4. The summed E-state index contributed by atoms with van der Waals surface area (Å²) >= 11 is 0. The third-order valence-electron chi connectivity index (χ3n) is 2.72. The van der Waals surface area contributed by atoms with E-state index in [4.69, 9.17) is 4.42 Å². The van der Waals surface area contributed by atoms with Gasteiger partial charge in [0, 0.05) is 16.0 Å². The first-order valence-corrected chi connectivity index (χ1v) is 4.63. The van der Waals surface area contributed by atoms with Crippen molar-refractivity contribution in [2.75, 3.05) is 0 Å². The molecule has 1 aromatic heterocycles. The summed E-state index contributed by atoms with van der Waals surface area (Å²) in [7, 11) is 0. The number of aromatic nitrogens is 1. The van der Waals surface area contributed by atoms with Crippen molar-refractivity contribution in [2.45, 2.75) is 0 Å². The first kappa shape index (κ1) is 7.11. The van der Waals surface area contributed by atoms with Crippen LogP contribution in [0, 0.1) is 0 Å². The highest BCUT2D eigenvalue weighted by Crippen LogP contribution is 2.23. The Kier molecular flexibility index (Phi) is 1.06. The molecule has 0 fully saturated rings. The second-order valence-corrected chi connectivity index (χ2v) is 3.52. The van der Waals surface area contributed by atoms with Crippen LogP contribution >= 0.6 is 0 Å². The molecule has 2 aliphatic rings. The van der Waals surface area contributed by atoms with Crippen molar-refractivity contribution in [3.05, 3.63) is 40.7 Å². The molecule has 4 heteroatoms. The zero-order chi connectivity index (χ0) is 9.83. The number of hydrogen-bond donors (Lipinski definition) is 0. The third kappa shape index (κ3) is 0.747. The van der Waals surface area contributed by atoms with Crippen molar-refractivity contribution in [1.82, 2.24) is 4.98 Å². The van der Waals surface area contributed by atoms with E-state index in [1.165, 1.54) is 6.39 Å². The average molecular weight is 195 g/mol. The van der Waals surface area contributed by atoms with Crippen LogP contribution in [-0.2, 0) is 0 Å². The van der Waals surface area contributed by atoms with E-state index in [9.17, 15) is 0 Å². The molecule has 0 radical (unpaired) electrons. The number of rotatable bonds is 0. The molecule has 4 rings (SSSR count). The van der Waals surface area contributed by atoms with Crippen molar-refractivity contribution in [1.29, 1.82) is 0 Å². The zero-order valence-corrected chi connectivity index (χ0v) is 7.64. The van der Waals surface area contributed by atoms with E-state index in [0.29, 0.717) is 0 Å². The fourth-order valence-electron chi connectivity index (χ4n) is 2.04. The highest BCUT2D eigenvalue weighted by molar-refractivity contribution is 5.88. The van der Waals surface area contributed by atoms with Gasteiger partial charge < -0.3 is 4.42 Å². The van der Waals surface area contributed by atoms with Crippen LogP contribution in [0.5, 0.6) is 0 Å². The second kappa shape index (κ2) is 2.23. The molecule has 0 bridgehead atoms. The van der Waals surface area contributed by atoms with Crippen LogP contribution in [0.3, 0.4) is 0 Å². The normalized spacial score (nSPS) is 16.5. The van der Waals surface area contributed by atoms with Crippen molar-refractivity contribution in [3.8, 4) is 0 Å². The Bertz CT molecular complexity index is 765. The molecule has 0 atom stereocenters. The molecule has 70 valence electrons. The number of azo groups is 1. The molecule has 1 aliphatic carbocycles. The molecule has 0 spiro atoms. The molecule has 1 aromatic carbocycles. The van der Waals surface area contributed by atoms with Crippen molar-refractivity contribution in [3.63, 3.8) is 0 Å². The van der Waals surface area contributed by atoms with Crippen LogP contribution in [0.4, 0.5) is 0 Å². The fraction of sp³-hybridized carbons (Fsp3) is 0. The minimum atomic E-state index is 0.808. The molecule has 2 heterocycles. The Labute approximate surface area is 84.0 Å². The van der Waals surface area contributed by atoms with Crippen molar-refractivity contribution < 1.29 is 4.42 Å². The monoisotopic (exact) mass is 195 g/mol. The van der Waals surface area contributed by atoms with Crippen LogP contribution in [-0.4, -0.2) is 4.98 Å². The summed E-state index contributed by atoms with van der Waals surface area (Å²) in [6.45, 7) is 0. The van der Waals surface area contributed by atoms with Gasteiger partial charge in [-0.05, 0) is 18.2 Å². The van der Waals surface area contributed by atoms with E-state index in [1.807, 2.05) is 12.1 Å². The Hall–Kier alpha value is -2.23. The van der Waals surface area contributed by atoms with Gasteiger partial charge in [-0.15, -0.1) is 5.11 Å². The summed E-state index contributed by atoms with van der Waals surface area (Å²) in [5, 5.41) is 10.1. The molecule has 0 amide bonds. The number of benzene rings is 1. The van der Waals surface area contributed by atoms with Crippen LogP contribution in [0.25, 0.3) is 22.9 Å². The number of nitrogens with zero attached hydrogens (tertiary/aromatic N) is 3.